The van der Waals surface area contributed by atoms with Crippen LogP contribution in [0.15, 0.2) is 30.3 Å². The van der Waals surface area contributed by atoms with Gasteiger partial charge in [-0.05, 0) is 24.3 Å². The number of amides is 1. The average Bonchev–Trinajstić information content (AvgIpc) is 2.68. The van der Waals surface area contributed by atoms with E-state index >= 15 is 0 Å². The van der Waals surface area contributed by atoms with Crippen molar-refractivity contribution in [1.29, 1.82) is 0 Å². The van der Waals surface area contributed by atoms with Gasteiger partial charge in [0, 0.05) is 34.2 Å². The van der Waals surface area contributed by atoms with E-state index in [0.29, 0.717) is 51.4 Å². The summed E-state index contributed by atoms with van der Waals surface area (Å²) in [7, 11) is 4.48. The van der Waals surface area contributed by atoms with Crippen molar-refractivity contribution in [2.45, 2.75) is 5.75 Å². The Hall–Kier alpha value is -2.12. The maximum Gasteiger partial charge on any atom is 0.251 e. The highest BCUT2D eigenvalue weighted by Gasteiger charge is 2.16. The second-order valence-corrected chi connectivity index (χ2v) is 6.94. The average molecular weight is 414 g/mol. The predicted molar refractivity (Wildman–Crippen MR) is 106 cm³/mol. The smallest absolute Gasteiger partial charge is 0.251 e. The summed E-state index contributed by atoms with van der Waals surface area (Å²) in [5.74, 6) is 1.70. The van der Waals surface area contributed by atoms with Gasteiger partial charge < -0.3 is 19.5 Å². The van der Waals surface area contributed by atoms with E-state index in [1.807, 2.05) is 0 Å². The Morgan fingerprint density at radius 3 is 2.37 bits per heavy atom. The molecule has 0 atom stereocenters. The maximum absolute atomic E-state index is 13.7. The fourth-order valence-corrected chi connectivity index (χ4v) is 3.59. The minimum Gasteiger partial charge on any atom is -0.493 e. The topological polar surface area (TPSA) is 56.8 Å². The number of halogens is 2. The van der Waals surface area contributed by atoms with Crippen LogP contribution in [0.4, 0.5) is 4.39 Å². The zero-order valence-electron chi connectivity index (χ0n) is 15.3. The summed E-state index contributed by atoms with van der Waals surface area (Å²) in [6.07, 6.45) is 0. The molecular formula is C19H21ClFNO4S. The summed E-state index contributed by atoms with van der Waals surface area (Å²) in [4.78, 5) is 12.4. The van der Waals surface area contributed by atoms with Crippen LogP contribution >= 0.6 is 23.4 Å². The summed E-state index contributed by atoms with van der Waals surface area (Å²) in [6, 6.07) is 7.79. The molecule has 0 spiro atoms. The Morgan fingerprint density at radius 2 is 1.81 bits per heavy atom. The number of methoxy groups -OCH3 is 3. The van der Waals surface area contributed by atoms with Gasteiger partial charge in [-0.25, -0.2) is 4.39 Å². The van der Waals surface area contributed by atoms with E-state index in [2.05, 4.69) is 5.32 Å². The second kappa shape index (κ2) is 10.3. The molecular weight excluding hydrogens is 393 g/mol. The van der Waals surface area contributed by atoms with Crippen LogP contribution in [0.2, 0.25) is 5.02 Å². The number of carbonyl (C=O) groups excluding carboxylic acids is 1. The quantitative estimate of drug-likeness (QED) is 0.625. The van der Waals surface area contributed by atoms with E-state index in [9.17, 15) is 9.18 Å². The van der Waals surface area contributed by atoms with Gasteiger partial charge in [0.25, 0.3) is 5.91 Å². The van der Waals surface area contributed by atoms with Crippen molar-refractivity contribution < 1.29 is 23.4 Å². The Morgan fingerprint density at radius 1 is 1.15 bits per heavy atom. The van der Waals surface area contributed by atoms with Crippen molar-refractivity contribution in [2.75, 3.05) is 33.6 Å². The highest BCUT2D eigenvalue weighted by atomic mass is 35.5. The van der Waals surface area contributed by atoms with Crippen LogP contribution in [-0.2, 0) is 5.75 Å². The molecule has 8 heteroatoms. The molecule has 0 aliphatic carbocycles. The zero-order valence-corrected chi connectivity index (χ0v) is 16.9. The number of hydrogen-bond donors (Lipinski definition) is 1. The third-order valence-electron chi connectivity index (χ3n) is 3.77. The highest BCUT2D eigenvalue weighted by molar-refractivity contribution is 7.98. The predicted octanol–water partition coefficient (Wildman–Crippen LogP) is 4.17. The van der Waals surface area contributed by atoms with Gasteiger partial charge in [0.05, 0.1) is 21.3 Å². The molecule has 0 unspecified atom stereocenters. The monoisotopic (exact) mass is 413 g/mol. The summed E-state index contributed by atoms with van der Waals surface area (Å²) in [5.41, 5.74) is 0.867. The van der Waals surface area contributed by atoms with E-state index in [1.54, 1.807) is 24.3 Å². The molecule has 2 aromatic carbocycles. The van der Waals surface area contributed by atoms with Crippen LogP contribution in [0.25, 0.3) is 0 Å². The lowest BCUT2D eigenvalue weighted by Gasteiger charge is -2.14. The summed E-state index contributed by atoms with van der Waals surface area (Å²) in [5, 5.41) is 3.22. The molecule has 1 amide bonds. The van der Waals surface area contributed by atoms with Gasteiger partial charge in [0.15, 0.2) is 11.5 Å². The first-order chi connectivity index (χ1) is 13.0. The molecule has 0 saturated carbocycles. The van der Waals surface area contributed by atoms with Crippen molar-refractivity contribution in [3.63, 3.8) is 0 Å². The first kappa shape index (κ1) is 21.2. The molecule has 0 radical (unpaired) electrons. The van der Waals surface area contributed by atoms with Crippen molar-refractivity contribution in [3.8, 4) is 17.2 Å². The number of thioether (sulfide) groups is 1. The van der Waals surface area contributed by atoms with Gasteiger partial charge in [-0.3, -0.25) is 4.79 Å². The van der Waals surface area contributed by atoms with E-state index in [-0.39, 0.29) is 11.7 Å². The lowest BCUT2D eigenvalue weighted by molar-refractivity contribution is 0.0955. The third kappa shape index (κ3) is 5.43. The van der Waals surface area contributed by atoms with E-state index in [4.69, 9.17) is 25.8 Å². The molecule has 0 saturated heterocycles. The van der Waals surface area contributed by atoms with Crippen LogP contribution in [0.1, 0.15) is 15.9 Å². The number of rotatable bonds is 9. The van der Waals surface area contributed by atoms with Crippen LogP contribution in [-0.4, -0.2) is 39.5 Å². The van der Waals surface area contributed by atoms with Crippen molar-refractivity contribution >= 4 is 29.3 Å². The van der Waals surface area contributed by atoms with Gasteiger partial charge in [-0.2, -0.15) is 11.8 Å². The Kier molecular flexibility index (Phi) is 8.06. The molecule has 27 heavy (non-hydrogen) atoms. The molecule has 0 aliphatic heterocycles. The largest absolute Gasteiger partial charge is 0.493 e. The van der Waals surface area contributed by atoms with Gasteiger partial charge in [0.1, 0.15) is 5.82 Å². The minimum atomic E-state index is -0.323. The zero-order chi connectivity index (χ0) is 19.8. The molecule has 0 bridgehead atoms. The molecule has 146 valence electrons. The Bertz CT molecular complexity index is 758. The Balaban J connectivity index is 1.90. The first-order valence-corrected chi connectivity index (χ1v) is 9.64. The maximum atomic E-state index is 13.7. The molecule has 2 rings (SSSR count). The lowest BCUT2D eigenvalue weighted by atomic mass is 10.1. The normalized spacial score (nSPS) is 10.4. The molecule has 5 nitrogen and oxygen atoms in total. The lowest BCUT2D eigenvalue weighted by Crippen LogP contribution is -2.25. The van der Waals surface area contributed by atoms with Crippen molar-refractivity contribution in [2.24, 2.45) is 0 Å². The molecule has 0 fully saturated rings. The molecule has 0 heterocycles. The highest BCUT2D eigenvalue weighted by Crippen LogP contribution is 2.38. The fourth-order valence-electron chi connectivity index (χ4n) is 2.40. The number of benzene rings is 2. The minimum absolute atomic E-state index is 0.265. The molecule has 0 aliphatic rings. The van der Waals surface area contributed by atoms with Crippen molar-refractivity contribution in [1.82, 2.24) is 5.32 Å². The molecule has 0 aromatic heterocycles. The summed E-state index contributed by atoms with van der Waals surface area (Å²) in [6.45, 7) is 0.423. The number of carbonyl (C=O) groups is 1. The van der Waals surface area contributed by atoms with Crippen molar-refractivity contribution in [3.05, 3.63) is 52.3 Å². The number of hydrogen-bond acceptors (Lipinski definition) is 5. The van der Waals surface area contributed by atoms with E-state index in [1.165, 1.54) is 39.2 Å². The van der Waals surface area contributed by atoms with Gasteiger partial charge in [-0.15, -0.1) is 0 Å². The van der Waals surface area contributed by atoms with Crippen LogP contribution in [0, 0.1) is 5.82 Å². The molecule has 1 N–H and O–H groups in total. The summed E-state index contributed by atoms with van der Waals surface area (Å²) < 4.78 is 29.4. The number of nitrogens with one attached hydrogen (secondary N) is 1. The standard InChI is InChI=1S/C19H21ClFNO4S/c1-24-16-9-12(10-17(25-2)18(16)26-3)19(23)22-7-8-27-11-13-14(20)5-4-6-15(13)21/h4-6,9-10H,7-8,11H2,1-3H3,(H,22,23). The molecule has 2 aromatic rings. The second-order valence-electron chi connectivity index (χ2n) is 5.42. The Labute approximate surface area is 167 Å². The van der Waals surface area contributed by atoms with E-state index in [0.717, 1.165) is 0 Å². The number of ether oxygens (including phenoxy) is 3. The summed E-state index contributed by atoms with van der Waals surface area (Å²) >= 11 is 7.48. The van der Waals surface area contributed by atoms with Crippen LogP contribution < -0.4 is 19.5 Å². The fraction of sp³-hybridized carbons (Fsp3) is 0.316. The van der Waals surface area contributed by atoms with Gasteiger partial charge in [-0.1, -0.05) is 17.7 Å². The SMILES string of the molecule is COc1cc(C(=O)NCCSCc2c(F)cccc2Cl)cc(OC)c1OC. The third-order valence-corrected chi connectivity index (χ3v) is 5.11. The van der Waals surface area contributed by atoms with Gasteiger partial charge >= 0.3 is 0 Å². The van der Waals surface area contributed by atoms with Crippen LogP contribution in [0.3, 0.4) is 0 Å². The van der Waals surface area contributed by atoms with Crippen LogP contribution in [0.5, 0.6) is 17.2 Å². The van der Waals surface area contributed by atoms with Gasteiger partial charge in [0.2, 0.25) is 5.75 Å². The first-order valence-electron chi connectivity index (χ1n) is 8.10. The van der Waals surface area contributed by atoms with E-state index < -0.39 is 0 Å².